The number of aromatic nitrogens is 4. The second kappa shape index (κ2) is 15.7. The minimum atomic E-state index is -4.52. The summed E-state index contributed by atoms with van der Waals surface area (Å²) in [6, 6.07) is 31.6. The van der Waals surface area contributed by atoms with Crippen LogP contribution in [0, 0.1) is 0 Å². The normalized spacial score (nSPS) is 12.5. The predicted molar refractivity (Wildman–Crippen MR) is 208 cm³/mol. The summed E-state index contributed by atoms with van der Waals surface area (Å²) in [5.41, 5.74) is 7.81. The van der Waals surface area contributed by atoms with E-state index in [1.165, 1.54) is 0 Å². The predicted octanol–water partition coefficient (Wildman–Crippen LogP) is 10.2. The van der Waals surface area contributed by atoms with E-state index in [1.54, 1.807) is 0 Å². The first-order valence-electron chi connectivity index (χ1n) is 17.6. The second-order valence-corrected chi connectivity index (χ2v) is 16.2. The number of phosphoric ester groups is 2. The molecule has 0 aliphatic heterocycles. The van der Waals surface area contributed by atoms with Crippen LogP contribution in [0.1, 0.15) is 22.3 Å². The molecule has 0 aliphatic carbocycles. The van der Waals surface area contributed by atoms with Crippen molar-refractivity contribution in [3.8, 4) is 0 Å². The average molecular weight is 751 g/mol. The number of fused-ring (bicyclic) bond motifs is 4. The van der Waals surface area contributed by atoms with E-state index in [1.807, 2.05) is 122 Å². The molecule has 53 heavy (non-hydrogen) atoms. The smallest absolute Gasteiger partial charge is 0.361 e. The van der Waals surface area contributed by atoms with Gasteiger partial charge in [-0.05, 0) is 72.2 Å². The van der Waals surface area contributed by atoms with E-state index in [0.717, 1.165) is 65.9 Å². The maximum Gasteiger partial charge on any atom is 0.483 e. The molecule has 0 fully saturated rings. The first kappa shape index (κ1) is 35.3. The number of hydrogen-bond acceptors (Lipinski definition) is 7. The maximum absolute atomic E-state index is 14.5. The SMILES string of the molecule is O=P(OCCc1c[nH]c2ccccc12)(OCCc1c[nH]c2ccccc12)OP(=O)(OCCc1c[nH]c2ccccc12)OCCc1c[nH]c2ccccc12. The Morgan fingerprint density at radius 3 is 0.887 bits per heavy atom. The fourth-order valence-electron chi connectivity index (χ4n) is 6.71. The van der Waals surface area contributed by atoms with Gasteiger partial charge in [0.05, 0.1) is 26.4 Å². The molecule has 4 aromatic carbocycles. The van der Waals surface area contributed by atoms with E-state index in [2.05, 4.69) is 19.9 Å². The molecule has 0 saturated heterocycles. The van der Waals surface area contributed by atoms with E-state index in [9.17, 15) is 9.13 Å². The molecular weight excluding hydrogens is 710 g/mol. The molecule has 4 N–H and O–H groups in total. The van der Waals surface area contributed by atoms with Gasteiger partial charge < -0.3 is 19.9 Å². The highest BCUT2D eigenvalue weighted by Gasteiger charge is 2.41. The average Bonchev–Trinajstić information content (AvgIpc) is 3.98. The van der Waals surface area contributed by atoms with Crippen LogP contribution in [0.15, 0.2) is 122 Å². The third kappa shape index (κ3) is 8.12. The Morgan fingerprint density at radius 1 is 0.377 bits per heavy atom. The zero-order chi connectivity index (χ0) is 36.1. The van der Waals surface area contributed by atoms with Crippen molar-refractivity contribution in [2.24, 2.45) is 0 Å². The van der Waals surface area contributed by atoms with Crippen molar-refractivity contribution in [3.05, 3.63) is 144 Å². The van der Waals surface area contributed by atoms with Crippen molar-refractivity contribution in [3.63, 3.8) is 0 Å². The number of benzene rings is 4. The summed E-state index contributed by atoms with van der Waals surface area (Å²) < 4.78 is 58.6. The first-order valence-corrected chi connectivity index (χ1v) is 20.6. The Labute approximate surface area is 306 Å². The summed E-state index contributed by atoms with van der Waals surface area (Å²) in [5.74, 6) is 0. The Kier molecular flexibility index (Phi) is 10.5. The summed E-state index contributed by atoms with van der Waals surface area (Å²) in [6.07, 6.45) is 9.17. The monoisotopic (exact) mass is 750 g/mol. The third-order valence-corrected chi connectivity index (χ3v) is 13.0. The zero-order valence-electron chi connectivity index (χ0n) is 29.0. The van der Waals surface area contributed by atoms with Gasteiger partial charge in [0.1, 0.15) is 0 Å². The number of aromatic amines is 4. The van der Waals surface area contributed by atoms with Gasteiger partial charge in [0.25, 0.3) is 0 Å². The van der Waals surface area contributed by atoms with Crippen LogP contribution in [0.2, 0.25) is 0 Å². The van der Waals surface area contributed by atoms with Crippen LogP contribution < -0.4 is 0 Å². The number of phosphoric acid groups is 2. The van der Waals surface area contributed by atoms with Gasteiger partial charge in [0.15, 0.2) is 0 Å². The number of H-pyrrole nitrogens is 4. The van der Waals surface area contributed by atoms with Crippen molar-refractivity contribution in [2.75, 3.05) is 26.4 Å². The highest BCUT2D eigenvalue weighted by Crippen LogP contribution is 2.66. The van der Waals surface area contributed by atoms with Gasteiger partial charge in [0, 0.05) is 68.4 Å². The Bertz CT molecular complexity index is 2230. The molecule has 0 amide bonds. The van der Waals surface area contributed by atoms with Crippen LogP contribution in [0.4, 0.5) is 0 Å². The zero-order valence-corrected chi connectivity index (χ0v) is 30.7. The molecule has 8 rings (SSSR count). The van der Waals surface area contributed by atoms with Gasteiger partial charge in [-0.3, -0.25) is 18.1 Å². The summed E-state index contributed by atoms with van der Waals surface area (Å²) >= 11 is 0. The van der Waals surface area contributed by atoms with Gasteiger partial charge in [-0.15, -0.1) is 0 Å². The van der Waals surface area contributed by atoms with Crippen LogP contribution in [0.5, 0.6) is 0 Å². The number of nitrogens with one attached hydrogen (secondary N) is 4. The maximum atomic E-state index is 14.5. The second-order valence-electron chi connectivity index (χ2n) is 12.7. The minimum Gasteiger partial charge on any atom is -0.361 e. The molecule has 0 radical (unpaired) electrons. The van der Waals surface area contributed by atoms with E-state index < -0.39 is 15.6 Å². The highest BCUT2D eigenvalue weighted by molar-refractivity contribution is 7.62. The lowest BCUT2D eigenvalue weighted by Crippen LogP contribution is -2.09. The molecule has 0 atom stereocenters. The van der Waals surface area contributed by atoms with Gasteiger partial charge in [-0.25, -0.2) is 9.13 Å². The third-order valence-electron chi connectivity index (χ3n) is 9.38. The van der Waals surface area contributed by atoms with Crippen molar-refractivity contribution >= 4 is 59.3 Å². The largest absolute Gasteiger partial charge is 0.483 e. The summed E-state index contributed by atoms with van der Waals surface area (Å²) in [6.45, 7) is -0.123. The lowest BCUT2D eigenvalue weighted by Gasteiger charge is -2.23. The molecule has 0 aliphatic rings. The van der Waals surface area contributed by atoms with Gasteiger partial charge in [-0.2, -0.15) is 4.31 Å². The van der Waals surface area contributed by atoms with E-state index in [-0.39, 0.29) is 26.4 Å². The molecule has 0 unspecified atom stereocenters. The van der Waals surface area contributed by atoms with Crippen LogP contribution in [0.3, 0.4) is 0 Å². The number of rotatable bonds is 18. The summed E-state index contributed by atoms with van der Waals surface area (Å²) in [5, 5.41) is 4.11. The Hall–Kier alpha value is -4.70. The van der Waals surface area contributed by atoms with Crippen molar-refractivity contribution in [1.82, 2.24) is 19.9 Å². The van der Waals surface area contributed by atoms with Crippen molar-refractivity contribution < 1.29 is 31.5 Å². The van der Waals surface area contributed by atoms with Gasteiger partial charge in [0.2, 0.25) is 0 Å². The summed E-state index contributed by atoms with van der Waals surface area (Å²) in [4.78, 5) is 13.0. The molecule has 4 aromatic heterocycles. The molecule has 272 valence electrons. The van der Waals surface area contributed by atoms with Crippen LogP contribution in [-0.4, -0.2) is 46.4 Å². The van der Waals surface area contributed by atoms with Crippen LogP contribution >= 0.6 is 15.6 Å². The van der Waals surface area contributed by atoms with Crippen LogP contribution in [0.25, 0.3) is 43.6 Å². The number of hydrogen-bond donors (Lipinski definition) is 4. The lowest BCUT2D eigenvalue weighted by atomic mass is 10.1. The topological polar surface area (TPSA) is 143 Å². The van der Waals surface area contributed by atoms with E-state index >= 15 is 0 Å². The van der Waals surface area contributed by atoms with Gasteiger partial charge >= 0.3 is 15.6 Å². The fourth-order valence-corrected chi connectivity index (χ4v) is 9.86. The van der Waals surface area contributed by atoms with E-state index in [0.29, 0.717) is 25.7 Å². The lowest BCUT2D eigenvalue weighted by molar-refractivity contribution is 0.111. The molecule has 0 bridgehead atoms. The standard InChI is InChI=1S/C40H40N4O7P2/c45-52(47-21-17-29-25-41-37-13-5-1-9-33(29)37,48-22-18-30-26-42-38-14-6-2-10-34(30)38)51-53(46,49-23-19-31-27-43-39-15-7-3-11-35(31)39)50-24-20-32-28-44-40-16-8-4-12-36(32)40/h1-16,25-28,41-44H,17-24H2. The van der Waals surface area contributed by atoms with Gasteiger partial charge in [-0.1, -0.05) is 72.8 Å². The van der Waals surface area contributed by atoms with Crippen LogP contribution in [-0.2, 0) is 57.2 Å². The molecule has 13 heteroatoms. The minimum absolute atomic E-state index is 0.0309. The molecule has 0 saturated carbocycles. The molecule has 4 heterocycles. The highest BCUT2D eigenvalue weighted by atomic mass is 31.3. The molecule has 0 spiro atoms. The Morgan fingerprint density at radius 2 is 0.623 bits per heavy atom. The molecule has 11 nitrogen and oxygen atoms in total. The summed E-state index contributed by atoms with van der Waals surface area (Å²) in [7, 11) is -9.05. The van der Waals surface area contributed by atoms with Crippen molar-refractivity contribution in [1.29, 1.82) is 0 Å². The first-order chi connectivity index (χ1) is 26.0. The van der Waals surface area contributed by atoms with E-state index in [4.69, 9.17) is 22.4 Å². The number of para-hydroxylation sites is 4. The fraction of sp³-hybridized carbons (Fsp3) is 0.200. The Balaban J connectivity index is 1.01. The molecular formula is C40H40N4O7P2. The quantitative estimate of drug-likeness (QED) is 0.0639. The molecule has 8 aromatic rings. The van der Waals surface area contributed by atoms with Crippen molar-refractivity contribution in [2.45, 2.75) is 25.7 Å².